The maximum atomic E-state index is 11.9. The van der Waals surface area contributed by atoms with Crippen LogP contribution < -0.4 is 5.32 Å². The summed E-state index contributed by atoms with van der Waals surface area (Å²) in [7, 11) is 0. The summed E-state index contributed by atoms with van der Waals surface area (Å²) in [6.45, 7) is 10.4. The molecule has 1 unspecified atom stereocenters. The van der Waals surface area contributed by atoms with Crippen molar-refractivity contribution in [2.45, 2.75) is 52.5 Å². The molecule has 17 heavy (non-hydrogen) atoms. The summed E-state index contributed by atoms with van der Waals surface area (Å²) >= 11 is 0. The average Bonchev–Trinajstić information content (AvgIpc) is 2.67. The third kappa shape index (κ3) is 2.48. The first-order chi connectivity index (χ1) is 7.70. The highest BCUT2D eigenvalue weighted by molar-refractivity contribution is 5.90. The fourth-order valence-electron chi connectivity index (χ4n) is 1.64. The van der Waals surface area contributed by atoms with Gasteiger partial charge in [0.1, 0.15) is 5.82 Å². The first-order valence-corrected chi connectivity index (χ1v) is 5.94. The molecule has 0 radical (unpaired) electrons. The van der Waals surface area contributed by atoms with Gasteiger partial charge in [-0.3, -0.25) is 9.89 Å². The van der Waals surface area contributed by atoms with E-state index in [0.29, 0.717) is 0 Å². The van der Waals surface area contributed by atoms with Gasteiger partial charge in [-0.15, -0.1) is 5.10 Å². The molecule has 94 valence electrons. The molecule has 1 aliphatic rings. The molecule has 1 aliphatic carbocycles. The molecule has 2 N–H and O–H groups in total. The molecule has 0 spiro atoms. The highest BCUT2D eigenvalue weighted by Gasteiger charge is 2.47. The lowest BCUT2D eigenvalue weighted by Crippen LogP contribution is -2.29. The van der Waals surface area contributed by atoms with Gasteiger partial charge in [-0.05, 0) is 11.8 Å². The van der Waals surface area contributed by atoms with E-state index in [9.17, 15) is 4.79 Å². The lowest BCUT2D eigenvalue weighted by Gasteiger charge is -2.12. The molecule has 2 rings (SSSR count). The Morgan fingerprint density at radius 2 is 2.06 bits per heavy atom. The quantitative estimate of drug-likeness (QED) is 0.820. The minimum Gasteiger partial charge on any atom is -0.346 e. The number of carbonyl (C=O) groups is 1. The molecule has 0 bridgehead atoms. The van der Waals surface area contributed by atoms with E-state index < -0.39 is 0 Å². The second kappa shape index (κ2) is 3.55. The number of nitrogens with zero attached hydrogens (tertiary/aromatic N) is 2. The Bertz CT molecular complexity index is 442. The number of H-pyrrole nitrogens is 1. The van der Waals surface area contributed by atoms with Crippen LogP contribution in [0.2, 0.25) is 0 Å². The number of rotatable bonds is 2. The Balaban J connectivity index is 2.03. The molecular formula is C12H20N4O. The van der Waals surface area contributed by atoms with Gasteiger partial charge in [-0.2, -0.15) is 0 Å². The van der Waals surface area contributed by atoms with Crippen molar-refractivity contribution in [3.05, 3.63) is 11.6 Å². The molecule has 1 saturated carbocycles. The fourth-order valence-corrected chi connectivity index (χ4v) is 1.64. The van der Waals surface area contributed by atoms with Gasteiger partial charge in [0.05, 0.1) is 0 Å². The van der Waals surface area contributed by atoms with Gasteiger partial charge in [-0.1, -0.05) is 34.6 Å². The summed E-state index contributed by atoms with van der Waals surface area (Å²) in [5.41, 5.74) is 0.100. The molecule has 1 atom stereocenters. The van der Waals surface area contributed by atoms with Crippen molar-refractivity contribution in [2.24, 2.45) is 5.41 Å². The number of nitrogens with one attached hydrogen (secondary N) is 2. The van der Waals surface area contributed by atoms with E-state index in [1.54, 1.807) is 0 Å². The molecule has 5 heteroatoms. The van der Waals surface area contributed by atoms with Gasteiger partial charge in [0.25, 0.3) is 5.91 Å². The highest BCUT2D eigenvalue weighted by Crippen LogP contribution is 2.44. The molecule has 1 amide bonds. The number of aromatic amines is 1. The SMILES string of the molecule is CC(C)(C)c1nc(C(=O)NC2CC2(C)C)n[nH]1. The van der Waals surface area contributed by atoms with E-state index in [2.05, 4.69) is 34.3 Å². The van der Waals surface area contributed by atoms with Gasteiger partial charge in [-0.25, -0.2) is 4.98 Å². The number of carbonyl (C=O) groups excluding carboxylic acids is 1. The molecule has 1 aromatic rings. The van der Waals surface area contributed by atoms with Crippen molar-refractivity contribution in [1.29, 1.82) is 0 Å². The fraction of sp³-hybridized carbons (Fsp3) is 0.750. The van der Waals surface area contributed by atoms with E-state index in [0.717, 1.165) is 12.2 Å². The Kier molecular flexibility index (Phi) is 2.52. The molecule has 1 aromatic heterocycles. The van der Waals surface area contributed by atoms with E-state index in [1.165, 1.54) is 0 Å². The van der Waals surface area contributed by atoms with Crippen LogP contribution in [0.1, 0.15) is 57.5 Å². The third-order valence-corrected chi connectivity index (χ3v) is 3.22. The third-order valence-electron chi connectivity index (χ3n) is 3.22. The van der Waals surface area contributed by atoms with Crippen molar-refractivity contribution >= 4 is 5.91 Å². The van der Waals surface area contributed by atoms with Gasteiger partial charge in [0, 0.05) is 11.5 Å². The van der Waals surface area contributed by atoms with Gasteiger partial charge >= 0.3 is 0 Å². The number of amides is 1. The second-order valence-electron chi connectivity index (χ2n) is 6.48. The monoisotopic (exact) mass is 236 g/mol. The molecule has 0 aromatic carbocycles. The highest BCUT2D eigenvalue weighted by atomic mass is 16.2. The van der Waals surface area contributed by atoms with Gasteiger partial charge in [0.15, 0.2) is 0 Å². The Hall–Kier alpha value is -1.39. The predicted octanol–water partition coefficient (Wildman–Crippen LogP) is 1.63. The van der Waals surface area contributed by atoms with Gasteiger partial charge in [0.2, 0.25) is 5.82 Å². The van der Waals surface area contributed by atoms with Crippen molar-refractivity contribution in [3.63, 3.8) is 0 Å². The summed E-state index contributed by atoms with van der Waals surface area (Å²) < 4.78 is 0. The summed E-state index contributed by atoms with van der Waals surface area (Å²) in [6.07, 6.45) is 1.02. The average molecular weight is 236 g/mol. The lowest BCUT2D eigenvalue weighted by atomic mass is 9.96. The first-order valence-electron chi connectivity index (χ1n) is 5.94. The zero-order valence-corrected chi connectivity index (χ0v) is 11.1. The van der Waals surface area contributed by atoms with Crippen LogP contribution in [0.5, 0.6) is 0 Å². The maximum absolute atomic E-state index is 11.9. The molecule has 1 fully saturated rings. The van der Waals surface area contributed by atoms with Crippen LogP contribution in [0.15, 0.2) is 0 Å². The Morgan fingerprint density at radius 1 is 1.47 bits per heavy atom. The lowest BCUT2D eigenvalue weighted by molar-refractivity contribution is 0.0936. The van der Waals surface area contributed by atoms with Crippen LogP contribution in [0.3, 0.4) is 0 Å². The Morgan fingerprint density at radius 3 is 2.47 bits per heavy atom. The van der Waals surface area contributed by atoms with Crippen molar-refractivity contribution in [1.82, 2.24) is 20.5 Å². The van der Waals surface area contributed by atoms with Crippen molar-refractivity contribution in [3.8, 4) is 0 Å². The van der Waals surface area contributed by atoms with E-state index in [4.69, 9.17) is 0 Å². The smallest absolute Gasteiger partial charge is 0.291 e. The molecule has 1 heterocycles. The van der Waals surface area contributed by atoms with Crippen LogP contribution >= 0.6 is 0 Å². The summed E-state index contributed by atoms with van der Waals surface area (Å²) in [5.74, 6) is 0.780. The summed E-state index contributed by atoms with van der Waals surface area (Å²) in [5, 5.41) is 9.72. The Labute approximate surface area is 101 Å². The zero-order valence-electron chi connectivity index (χ0n) is 11.1. The molecule has 5 nitrogen and oxygen atoms in total. The minimum absolute atomic E-state index is 0.121. The van der Waals surface area contributed by atoms with E-state index >= 15 is 0 Å². The van der Waals surface area contributed by atoms with Crippen molar-refractivity contribution < 1.29 is 4.79 Å². The van der Waals surface area contributed by atoms with Crippen LogP contribution in [0, 0.1) is 5.41 Å². The summed E-state index contributed by atoms with van der Waals surface area (Å²) in [6, 6.07) is 0.256. The predicted molar refractivity (Wildman–Crippen MR) is 64.7 cm³/mol. The van der Waals surface area contributed by atoms with Crippen LogP contribution in [-0.2, 0) is 5.41 Å². The summed E-state index contributed by atoms with van der Waals surface area (Å²) in [4.78, 5) is 16.1. The minimum atomic E-state index is -0.188. The zero-order chi connectivity index (χ0) is 12.8. The maximum Gasteiger partial charge on any atom is 0.291 e. The van der Waals surface area contributed by atoms with E-state index in [1.807, 2.05) is 20.8 Å². The van der Waals surface area contributed by atoms with Crippen molar-refractivity contribution in [2.75, 3.05) is 0 Å². The number of hydrogen-bond acceptors (Lipinski definition) is 3. The second-order valence-corrected chi connectivity index (χ2v) is 6.48. The van der Waals surface area contributed by atoms with Crippen LogP contribution in [0.25, 0.3) is 0 Å². The van der Waals surface area contributed by atoms with Crippen LogP contribution in [0.4, 0.5) is 0 Å². The molecule has 0 saturated heterocycles. The normalized spacial score (nSPS) is 22.3. The largest absolute Gasteiger partial charge is 0.346 e. The standard InChI is InChI=1S/C12H20N4O/c1-11(2,3)10-14-8(15-16-10)9(17)13-7-6-12(7,4)5/h7H,6H2,1-5H3,(H,13,17)(H,14,15,16). The first kappa shape index (κ1) is 12.1. The topological polar surface area (TPSA) is 70.7 Å². The number of aromatic nitrogens is 3. The number of hydrogen-bond donors (Lipinski definition) is 2. The van der Waals surface area contributed by atoms with Crippen LogP contribution in [-0.4, -0.2) is 27.1 Å². The van der Waals surface area contributed by atoms with E-state index in [-0.39, 0.29) is 28.6 Å². The molecule has 0 aliphatic heterocycles. The van der Waals surface area contributed by atoms with Gasteiger partial charge < -0.3 is 5.32 Å². The molecular weight excluding hydrogens is 216 g/mol.